The van der Waals surface area contributed by atoms with Crippen molar-refractivity contribution in [3.63, 3.8) is 0 Å². The van der Waals surface area contributed by atoms with Crippen molar-refractivity contribution in [1.82, 2.24) is 15.1 Å². The molecule has 0 aliphatic carbocycles. The van der Waals surface area contributed by atoms with E-state index in [9.17, 15) is 0 Å². The normalized spacial score (nSPS) is 13.1. The lowest BCUT2D eigenvalue weighted by molar-refractivity contribution is 0.305. The first-order valence-corrected chi connectivity index (χ1v) is 6.03. The van der Waals surface area contributed by atoms with Crippen molar-refractivity contribution in [1.29, 1.82) is 0 Å². The molecule has 16 heavy (non-hydrogen) atoms. The summed E-state index contributed by atoms with van der Waals surface area (Å²) < 4.78 is 7.49. The largest absolute Gasteiger partial charge is 0.489 e. The zero-order valence-corrected chi connectivity index (χ0v) is 10.7. The third kappa shape index (κ3) is 4.23. The van der Waals surface area contributed by atoms with E-state index in [2.05, 4.69) is 38.1 Å². The van der Waals surface area contributed by atoms with Crippen LogP contribution in [0.4, 0.5) is 0 Å². The molecule has 1 aromatic heterocycles. The third-order valence-electron chi connectivity index (χ3n) is 2.58. The molecule has 0 saturated carbocycles. The molecule has 1 N–H and O–H groups in total. The second-order valence-electron chi connectivity index (χ2n) is 4.36. The van der Waals surface area contributed by atoms with Crippen molar-refractivity contribution in [2.45, 2.75) is 46.2 Å². The van der Waals surface area contributed by atoms with E-state index >= 15 is 0 Å². The van der Waals surface area contributed by atoms with Crippen LogP contribution in [0.25, 0.3) is 0 Å². The van der Waals surface area contributed by atoms with Crippen molar-refractivity contribution in [2.24, 2.45) is 0 Å². The van der Waals surface area contributed by atoms with Gasteiger partial charge in [-0.05, 0) is 27.2 Å². The number of aromatic nitrogens is 2. The van der Waals surface area contributed by atoms with Crippen LogP contribution in [0.5, 0.6) is 5.75 Å². The lowest BCUT2D eigenvalue weighted by atomic mass is 10.3. The van der Waals surface area contributed by atoms with E-state index in [1.54, 1.807) is 6.20 Å². The number of rotatable bonds is 7. The van der Waals surface area contributed by atoms with Crippen molar-refractivity contribution in [3.8, 4) is 5.75 Å². The topological polar surface area (TPSA) is 39.1 Å². The summed E-state index contributed by atoms with van der Waals surface area (Å²) in [5, 5.41) is 7.60. The Balaban J connectivity index is 2.21. The molecule has 0 aromatic carbocycles. The molecule has 0 bridgehead atoms. The predicted molar refractivity (Wildman–Crippen MR) is 65.9 cm³/mol. The van der Waals surface area contributed by atoms with Crippen molar-refractivity contribution in [2.75, 3.05) is 13.2 Å². The van der Waals surface area contributed by atoms with Gasteiger partial charge in [0.1, 0.15) is 6.61 Å². The van der Waals surface area contributed by atoms with Gasteiger partial charge in [0.15, 0.2) is 5.75 Å². The van der Waals surface area contributed by atoms with Crippen molar-refractivity contribution in [3.05, 3.63) is 12.4 Å². The Morgan fingerprint density at radius 3 is 2.75 bits per heavy atom. The zero-order chi connectivity index (χ0) is 12.0. The molecular formula is C12H23N3O. The van der Waals surface area contributed by atoms with Gasteiger partial charge in [-0.3, -0.25) is 4.68 Å². The maximum atomic E-state index is 5.59. The van der Waals surface area contributed by atoms with E-state index in [0.717, 1.165) is 18.7 Å². The highest BCUT2D eigenvalue weighted by Gasteiger charge is 2.02. The van der Waals surface area contributed by atoms with Gasteiger partial charge in [0.2, 0.25) is 0 Å². The van der Waals surface area contributed by atoms with Crippen LogP contribution in [0.3, 0.4) is 0 Å². The van der Waals surface area contributed by atoms with Gasteiger partial charge in [-0.25, -0.2) is 0 Å². The van der Waals surface area contributed by atoms with Crippen LogP contribution in [-0.2, 0) is 0 Å². The Morgan fingerprint density at radius 2 is 2.19 bits per heavy atom. The summed E-state index contributed by atoms with van der Waals surface area (Å²) in [5.74, 6) is 0.847. The minimum absolute atomic E-state index is 0.385. The van der Waals surface area contributed by atoms with Gasteiger partial charge in [0.25, 0.3) is 0 Å². The van der Waals surface area contributed by atoms with Gasteiger partial charge >= 0.3 is 0 Å². The van der Waals surface area contributed by atoms with Crippen molar-refractivity contribution < 1.29 is 4.74 Å². The number of ether oxygens (including phenoxy) is 1. The lowest BCUT2D eigenvalue weighted by Crippen LogP contribution is -2.29. The van der Waals surface area contributed by atoms with Crippen molar-refractivity contribution >= 4 is 0 Å². The fourth-order valence-corrected chi connectivity index (χ4v) is 1.30. The molecule has 4 heteroatoms. The highest BCUT2D eigenvalue weighted by molar-refractivity contribution is 5.11. The molecule has 92 valence electrons. The molecule has 1 atom stereocenters. The molecule has 0 fully saturated rings. The number of hydrogen-bond acceptors (Lipinski definition) is 3. The Labute approximate surface area is 98.0 Å². The predicted octanol–water partition coefficient (Wildman–Crippen LogP) is 2.23. The van der Waals surface area contributed by atoms with E-state index in [0.29, 0.717) is 18.7 Å². The van der Waals surface area contributed by atoms with Gasteiger partial charge in [-0.1, -0.05) is 6.92 Å². The second-order valence-corrected chi connectivity index (χ2v) is 4.36. The first-order chi connectivity index (χ1) is 7.63. The molecule has 0 radical (unpaired) electrons. The first-order valence-electron chi connectivity index (χ1n) is 6.03. The minimum Gasteiger partial charge on any atom is -0.489 e. The smallest absolute Gasteiger partial charge is 0.157 e. The Morgan fingerprint density at radius 1 is 1.44 bits per heavy atom. The fourth-order valence-electron chi connectivity index (χ4n) is 1.30. The summed E-state index contributed by atoms with van der Waals surface area (Å²) in [5.41, 5.74) is 0. The maximum absolute atomic E-state index is 5.59. The lowest BCUT2D eigenvalue weighted by Gasteiger charge is -2.11. The number of hydrogen-bond donors (Lipinski definition) is 1. The van der Waals surface area contributed by atoms with E-state index < -0.39 is 0 Å². The number of nitrogens with zero attached hydrogens (tertiary/aromatic N) is 2. The number of nitrogens with one attached hydrogen (secondary N) is 1. The summed E-state index contributed by atoms with van der Waals surface area (Å²) in [7, 11) is 0. The average molecular weight is 225 g/mol. The molecule has 0 spiro atoms. The quantitative estimate of drug-likeness (QED) is 0.723. The van der Waals surface area contributed by atoms with Crippen LogP contribution >= 0.6 is 0 Å². The third-order valence-corrected chi connectivity index (χ3v) is 2.58. The van der Waals surface area contributed by atoms with E-state index in [-0.39, 0.29) is 0 Å². The van der Waals surface area contributed by atoms with Crippen LogP contribution in [-0.4, -0.2) is 29.0 Å². The van der Waals surface area contributed by atoms with Gasteiger partial charge < -0.3 is 10.1 Å². The molecule has 0 saturated heterocycles. The summed E-state index contributed by atoms with van der Waals surface area (Å²) in [6, 6.07) is 0.942. The Bertz CT molecular complexity index is 296. The molecule has 1 unspecified atom stereocenters. The highest BCUT2D eigenvalue weighted by Crippen LogP contribution is 2.11. The summed E-state index contributed by atoms with van der Waals surface area (Å²) in [6.45, 7) is 10.1. The van der Waals surface area contributed by atoms with Gasteiger partial charge in [-0.2, -0.15) is 5.10 Å². The van der Waals surface area contributed by atoms with Crippen LogP contribution < -0.4 is 10.1 Å². The molecule has 4 nitrogen and oxygen atoms in total. The highest BCUT2D eigenvalue weighted by atomic mass is 16.5. The Kier molecular flexibility index (Phi) is 5.32. The van der Waals surface area contributed by atoms with E-state index in [1.165, 1.54) is 0 Å². The Hall–Kier alpha value is -1.03. The van der Waals surface area contributed by atoms with Crippen LogP contribution in [0.2, 0.25) is 0 Å². The SMILES string of the molecule is CCC(C)NCCOc1cnn(C(C)C)c1. The van der Waals surface area contributed by atoms with E-state index in [1.807, 2.05) is 10.9 Å². The summed E-state index contributed by atoms with van der Waals surface area (Å²) >= 11 is 0. The molecular weight excluding hydrogens is 202 g/mol. The summed E-state index contributed by atoms with van der Waals surface area (Å²) in [6.07, 6.45) is 4.85. The standard InChI is InChI=1S/C12H23N3O/c1-5-11(4)13-6-7-16-12-8-14-15(9-12)10(2)3/h8-11,13H,5-7H2,1-4H3. The maximum Gasteiger partial charge on any atom is 0.157 e. The molecule has 1 heterocycles. The monoisotopic (exact) mass is 225 g/mol. The molecule has 0 aliphatic heterocycles. The van der Waals surface area contributed by atoms with Crippen LogP contribution in [0.1, 0.15) is 40.2 Å². The van der Waals surface area contributed by atoms with Gasteiger partial charge in [0, 0.05) is 18.6 Å². The fraction of sp³-hybridized carbons (Fsp3) is 0.750. The molecule has 1 aromatic rings. The zero-order valence-electron chi connectivity index (χ0n) is 10.7. The van der Waals surface area contributed by atoms with E-state index in [4.69, 9.17) is 4.74 Å². The second kappa shape index (κ2) is 6.53. The summed E-state index contributed by atoms with van der Waals surface area (Å²) in [4.78, 5) is 0. The average Bonchev–Trinajstić information content (AvgIpc) is 2.72. The van der Waals surface area contributed by atoms with Gasteiger partial charge in [0.05, 0.1) is 12.4 Å². The molecule has 0 aliphatic rings. The minimum atomic E-state index is 0.385. The van der Waals surface area contributed by atoms with Crippen LogP contribution in [0.15, 0.2) is 12.4 Å². The molecule has 0 amide bonds. The van der Waals surface area contributed by atoms with Gasteiger partial charge in [-0.15, -0.1) is 0 Å². The molecule has 1 rings (SSSR count). The first kappa shape index (κ1) is 13.0. The van der Waals surface area contributed by atoms with Crippen LogP contribution in [0, 0.1) is 0 Å².